The lowest BCUT2D eigenvalue weighted by Crippen LogP contribution is -2.03. The van der Waals surface area contributed by atoms with Crippen LogP contribution in [0.3, 0.4) is 0 Å². The van der Waals surface area contributed by atoms with Crippen LogP contribution in [-0.4, -0.2) is 25.0 Å². The van der Waals surface area contributed by atoms with E-state index in [1.54, 1.807) is 0 Å². The van der Waals surface area contributed by atoms with E-state index in [9.17, 15) is 5.11 Å². The highest BCUT2D eigenvalue weighted by atomic mass is 16.3. The molecule has 0 bridgehead atoms. The Labute approximate surface area is 90.2 Å². The first-order chi connectivity index (χ1) is 7.84. The van der Waals surface area contributed by atoms with Gasteiger partial charge in [0, 0.05) is 5.56 Å². The summed E-state index contributed by atoms with van der Waals surface area (Å²) in [5, 5.41) is 22.2. The summed E-state index contributed by atoms with van der Waals surface area (Å²) in [4.78, 5) is 4.19. The van der Waals surface area contributed by atoms with Crippen LogP contribution in [0.15, 0.2) is 36.4 Å². The molecule has 0 saturated heterocycles. The molecule has 0 amide bonds. The van der Waals surface area contributed by atoms with Crippen LogP contribution in [-0.2, 0) is 0 Å². The quantitative estimate of drug-likeness (QED) is 0.578. The van der Waals surface area contributed by atoms with Crippen LogP contribution in [0.2, 0.25) is 0 Å². The van der Waals surface area contributed by atoms with Crippen LogP contribution in [0.1, 0.15) is 0 Å². The first-order valence-electron chi connectivity index (χ1n) is 4.66. The molecule has 0 aliphatic rings. The van der Waals surface area contributed by atoms with Crippen LogP contribution >= 0.6 is 0 Å². The fourth-order valence-electron chi connectivity index (χ4n) is 1.47. The Bertz CT molecular complexity index is 634. The van der Waals surface area contributed by atoms with Gasteiger partial charge in [0.15, 0.2) is 0 Å². The van der Waals surface area contributed by atoms with Gasteiger partial charge < -0.3 is 5.11 Å². The summed E-state index contributed by atoms with van der Waals surface area (Å²) in [7, 11) is 0. The molecule has 0 saturated carbocycles. The van der Waals surface area contributed by atoms with E-state index in [1.807, 2.05) is 30.3 Å². The molecule has 2 aromatic heterocycles. The second kappa shape index (κ2) is 3.27. The molecule has 0 aliphatic carbocycles. The van der Waals surface area contributed by atoms with Crippen molar-refractivity contribution in [1.29, 1.82) is 0 Å². The van der Waals surface area contributed by atoms with Gasteiger partial charge in [-0.3, -0.25) is 0 Å². The van der Waals surface area contributed by atoms with Crippen LogP contribution < -0.4 is 5.11 Å². The second-order valence-electron chi connectivity index (χ2n) is 3.24. The van der Waals surface area contributed by atoms with E-state index in [-0.39, 0.29) is 11.7 Å². The fourth-order valence-corrected chi connectivity index (χ4v) is 1.47. The molecule has 0 unspecified atom stereocenters. The molecule has 0 aliphatic heterocycles. The zero-order valence-electron chi connectivity index (χ0n) is 8.11. The monoisotopic (exact) mass is 212 g/mol. The topological polar surface area (TPSA) is 79.0 Å². The van der Waals surface area contributed by atoms with Crippen LogP contribution in [0.5, 0.6) is 5.88 Å². The normalized spacial score (nSPS) is 10.8. The average Bonchev–Trinajstić information content (AvgIpc) is 2.79. The lowest BCUT2D eigenvalue weighted by molar-refractivity contribution is -0.277. The Kier molecular flexibility index (Phi) is 1.79. The summed E-state index contributed by atoms with van der Waals surface area (Å²) >= 11 is 0. The first kappa shape index (κ1) is 8.78. The van der Waals surface area contributed by atoms with Crippen molar-refractivity contribution in [2.45, 2.75) is 0 Å². The minimum absolute atomic E-state index is 0.214. The molecule has 78 valence electrons. The third kappa shape index (κ3) is 1.28. The molecular weight excluding hydrogens is 206 g/mol. The van der Waals surface area contributed by atoms with E-state index in [0.717, 1.165) is 10.1 Å². The smallest absolute Gasteiger partial charge is 0.273 e. The van der Waals surface area contributed by atoms with E-state index in [2.05, 4.69) is 20.5 Å². The number of nitrogens with zero attached hydrogens (tertiary/aromatic N) is 5. The summed E-state index contributed by atoms with van der Waals surface area (Å²) in [6.45, 7) is 0. The predicted molar refractivity (Wildman–Crippen MR) is 53.5 cm³/mol. The van der Waals surface area contributed by atoms with E-state index in [0.29, 0.717) is 5.69 Å². The molecule has 0 atom stereocenters. The molecule has 3 rings (SSSR count). The highest BCUT2D eigenvalue weighted by molar-refractivity contribution is 5.61. The minimum Gasteiger partial charge on any atom is -0.858 e. The van der Waals surface area contributed by atoms with Crippen molar-refractivity contribution in [3.8, 4) is 17.1 Å². The van der Waals surface area contributed by atoms with Crippen LogP contribution in [0.25, 0.3) is 17.0 Å². The van der Waals surface area contributed by atoms with Crippen molar-refractivity contribution < 1.29 is 5.11 Å². The second-order valence-corrected chi connectivity index (χ2v) is 3.24. The molecule has 6 heteroatoms. The lowest BCUT2D eigenvalue weighted by Gasteiger charge is -2.08. The molecule has 1 aromatic carbocycles. The van der Waals surface area contributed by atoms with Crippen molar-refractivity contribution in [1.82, 2.24) is 25.0 Å². The molecule has 6 nitrogen and oxygen atoms in total. The number of fused-ring (bicyclic) bond motifs is 1. The maximum atomic E-state index is 11.6. The standard InChI is InChI=1S/C10H7N5O/c16-9-6-8(7-4-2-1-3-5-7)11-10-12-13-14-15(9)10/h1-6,16H/p-1. The maximum Gasteiger partial charge on any atom is 0.273 e. The van der Waals surface area contributed by atoms with Crippen molar-refractivity contribution in [3.05, 3.63) is 36.4 Å². The SMILES string of the molecule is [O-]c1cc(-c2ccccc2)nc2nnnn12. The Balaban J connectivity index is 2.25. The Morgan fingerprint density at radius 1 is 1.12 bits per heavy atom. The number of hydrogen-bond acceptors (Lipinski definition) is 5. The zero-order valence-corrected chi connectivity index (χ0v) is 8.11. The third-order valence-corrected chi connectivity index (χ3v) is 2.21. The van der Waals surface area contributed by atoms with E-state index in [4.69, 9.17) is 0 Å². The molecule has 0 spiro atoms. The number of rotatable bonds is 1. The van der Waals surface area contributed by atoms with Crippen molar-refractivity contribution in [3.63, 3.8) is 0 Å². The van der Waals surface area contributed by atoms with Crippen LogP contribution in [0, 0.1) is 0 Å². The van der Waals surface area contributed by atoms with Gasteiger partial charge in [0.2, 0.25) is 0 Å². The van der Waals surface area contributed by atoms with Gasteiger partial charge in [0.05, 0.1) is 5.69 Å². The molecule has 2 heterocycles. The minimum atomic E-state index is -0.283. The van der Waals surface area contributed by atoms with E-state index >= 15 is 0 Å². The number of hydrogen-bond donors (Lipinski definition) is 0. The van der Waals surface area contributed by atoms with Crippen molar-refractivity contribution in [2.75, 3.05) is 0 Å². The van der Waals surface area contributed by atoms with Gasteiger partial charge in [0.25, 0.3) is 5.78 Å². The summed E-state index contributed by atoms with van der Waals surface area (Å²) in [5.74, 6) is -0.0693. The molecule has 3 aromatic rings. The molecule has 16 heavy (non-hydrogen) atoms. The first-order valence-corrected chi connectivity index (χ1v) is 4.66. The average molecular weight is 212 g/mol. The molecular formula is C10H6N5O-. The van der Waals surface area contributed by atoms with Gasteiger partial charge in [-0.25, -0.2) is 4.98 Å². The fraction of sp³-hybridized carbons (Fsp3) is 0. The lowest BCUT2D eigenvalue weighted by atomic mass is 10.1. The van der Waals surface area contributed by atoms with Gasteiger partial charge in [-0.2, -0.15) is 4.52 Å². The summed E-state index contributed by atoms with van der Waals surface area (Å²) < 4.78 is 1.06. The van der Waals surface area contributed by atoms with Crippen LogP contribution in [0.4, 0.5) is 0 Å². The highest BCUT2D eigenvalue weighted by Crippen LogP contribution is 2.19. The van der Waals surface area contributed by atoms with Gasteiger partial charge in [0.1, 0.15) is 0 Å². The summed E-state index contributed by atoms with van der Waals surface area (Å²) in [6, 6.07) is 10.8. The third-order valence-electron chi connectivity index (χ3n) is 2.21. The van der Waals surface area contributed by atoms with Crippen molar-refractivity contribution in [2.24, 2.45) is 0 Å². The predicted octanol–water partition coefficient (Wildman–Crippen LogP) is 0.260. The summed E-state index contributed by atoms with van der Waals surface area (Å²) in [5.41, 5.74) is 1.44. The largest absolute Gasteiger partial charge is 0.858 e. The van der Waals surface area contributed by atoms with Gasteiger partial charge in [-0.05, 0) is 22.4 Å². The number of aromatic nitrogens is 5. The highest BCUT2D eigenvalue weighted by Gasteiger charge is 2.04. The van der Waals surface area contributed by atoms with Gasteiger partial charge >= 0.3 is 0 Å². The van der Waals surface area contributed by atoms with Crippen molar-refractivity contribution >= 4 is 5.78 Å². The van der Waals surface area contributed by atoms with Gasteiger partial charge in [-0.1, -0.05) is 35.4 Å². The molecule has 0 fully saturated rings. The Morgan fingerprint density at radius 3 is 2.75 bits per heavy atom. The maximum absolute atomic E-state index is 11.6. The summed E-state index contributed by atoms with van der Waals surface area (Å²) in [6.07, 6.45) is 0. The Morgan fingerprint density at radius 2 is 1.94 bits per heavy atom. The Hall–Kier alpha value is -2.50. The van der Waals surface area contributed by atoms with Gasteiger partial charge in [-0.15, -0.1) is 0 Å². The molecule has 0 N–H and O–H groups in total. The van der Waals surface area contributed by atoms with E-state index < -0.39 is 0 Å². The number of benzene rings is 1. The zero-order chi connectivity index (χ0) is 11.0. The molecule has 0 radical (unpaired) electrons. The number of tetrazole rings is 1. The van der Waals surface area contributed by atoms with E-state index in [1.165, 1.54) is 6.07 Å².